The Hall–Kier alpha value is -2.77. The van der Waals surface area contributed by atoms with Gasteiger partial charge in [0.15, 0.2) is 0 Å². The molecule has 3 amide bonds. The molecule has 3 fully saturated rings. The first-order valence-electron chi connectivity index (χ1n) is 10.5. The molecule has 0 unspecified atom stereocenters. The summed E-state index contributed by atoms with van der Waals surface area (Å²) in [6.45, 7) is 7.36. The Morgan fingerprint density at radius 2 is 1.77 bits per heavy atom. The highest BCUT2D eigenvalue weighted by Crippen LogP contribution is 2.44. The highest BCUT2D eigenvalue weighted by Gasteiger charge is 2.46. The van der Waals surface area contributed by atoms with Crippen molar-refractivity contribution in [1.82, 2.24) is 9.80 Å². The number of hydrogen-bond donors (Lipinski definition) is 1. The number of fused-ring (bicyclic) bond motifs is 1. The fourth-order valence-corrected chi connectivity index (χ4v) is 4.53. The Balaban J connectivity index is 1.45. The zero-order chi connectivity index (χ0) is 21.7. The SMILES string of the molecule is CC(C)(C)OC(=O)N1CCN2C(=O)N(c3ccc(C4(C(=O)O)CCC4)cc3)C[C@@H]2C1. The van der Waals surface area contributed by atoms with E-state index in [0.717, 1.165) is 17.7 Å². The third-order valence-electron chi connectivity index (χ3n) is 6.35. The molecule has 0 aromatic heterocycles. The maximum absolute atomic E-state index is 12.9. The van der Waals surface area contributed by atoms with E-state index < -0.39 is 17.0 Å². The lowest BCUT2D eigenvalue weighted by Crippen LogP contribution is -2.54. The first-order chi connectivity index (χ1) is 14.1. The average molecular weight is 415 g/mol. The van der Waals surface area contributed by atoms with Gasteiger partial charge in [-0.05, 0) is 51.3 Å². The van der Waals surface area contributed by atoms with E-state index in [9.17, 15) is 19.5 Å². The minimum Gasteiger partial charge on any atom is -0.481 e. The van der Waals surface area contributed by atoms with E-state index in [1.54, 1.807) is 14.7 Å². The van der Waals surface area contributed by atoms with E-state index in [1.165, 1.54) is 0 Å². The predicted octanol–water partition coefficient (Wildman–Crippen LogP) is 3.05. The molecule has 1 aromatic rings. The first-order valence-corrected chi connectivity index (χ1v) is 10.5. The summed E-state index contributed by atoms with van der Waals surface area (Å²) in [6, 6.07) is 7.17. The number of carboxylic acids is 1. The van der Waals surface area contributed by atoms with Crippen LogP contribution in [-0.4, -0.2) is 70.8 Å². The number of benzene rings is 1. The van der Waals surface area contributed by atoms with Crippen molar-refractivity contribution in [3.63, 3.8) is 0 Å². The van der Waals surface area contributed by atoms with Gasteiger partial charge in [0.05, 0.1) is 11.5 Å². The van der Waals surface area contributed by atoms with E-state index in [0.29, 0.717) is 39.0 Å². The van der Waals surface area contributed by atoms with Gasteiger partial charge in [0.2, 0.25) is 0 Å². The van der Waals surface area contributed by atoms with E-state index in [-0.39, 0.29) is 18.2 Å². The third kappa shape index (κ3) is 3.48. The van der Waals surface area contributed by atoms with Gasteiger partial charge in [-0.2, -0.15) is 0 Å². The zero-order valence-electron chi connectivity index (χ0n) is 17.8. The predicted molar refractivity (Wildman–Crippen MR) is 111 cm³/mol. The molecule has 30 heavy (non-hydrogen) atoms. The summed E-state index contributed by atoms with van der Waals surface area (Å²) >= 11 is 0. The lowest BCUT2D eigenvalue weighted by atomic mass is 9.64. The number of piperazine rings is 1. The van der Waals surface area contributed by atoms with Crippen molar-refractivity contribution in [2.75, 3.05) is 31.1 Å². The summed E-state index contributed by atoms with van der Waals surface area (Å²) in [7, 11) is 0. The molecule has 162 valence electrons. The number of aliphatic carboxylic acids is 1. The number of nitrogens with zero attached hydrogens (tertiary/aromatic N) is 3. The van der Waals surface area contributed by atoms with E-state index in [4.69, 9.17) is 4.74 Å². The van der Waals surface area contributed by atoms with Crippen molar-refractivity contribution in [2.24, 2.45) is 0 Å². The van der Waals surface area contributed by atoms with Gasteiger partial charge in [0.1, 0.15) is 5.60 Å². The van der Waals surface area contributed by atoms with Gasteiger partial charge in [-0.1, -0.05) is 18.6 Å². The molecule has 1 atom stereocenters. The fourth-order valence-electron chi connectivity index (χ4n) is 4.53. The molecule has 1 aromatic carbocycles. The van der Waals surface area contributed by atoms with Crippen LogP contribution in [0.2, 0.25) is 0 Å². The molecule has 1 saturated carbocycles. The second-order valence-electron chi connectivity index (χ2n) is 9.45. The van der Waals surface area contributed by atoms with Crippen molar-refractivity contribution in [2.45, 2.75) is 57.1 Å². The molecule has 1 aliphatic carbocycles. The summed E-state index contributed by atoms with van der Waals surface area (Å²) in [4.78, 5) is 42.2. The Morgan fingerprint density at radius 1 is 1.10 bits per heavy atom. The van der Waals surface area contributed by atoms with Gasteiger partial charge in [-0.15, -0.1) is 0 Å². The number of ether oxygens (including phenoxy) is 1. The molecule has 8 heteroatoms. The van der Waals surface area contributed by atoms with Crippen LogP contribution in [0.3, 0.4) is 0 Å². The van der Waals surface area contributed by atoms with E-state index in [2.05, 4.69) is 0 Å². The quantitative estimate of drug-likeness (QED) is 0.819. The molecule has 0 bridgehead atoms. The molecule has 2 heterocycles. The molecule has 2 aliphatic heterocycles. The molecular formula is C22H29N3O5. The van der Waals surface area contributed by atoms with Crippen LogP contribution in [0.5, 0.6) is 0 Å². The largest absolute Gasteiger partial charge is 0.481 e. The van der Waals surface area contributed by atoms with E-state index >= 15 is 0 Å². The second-order valence-corrected chi connectivity index (χ2v) is 9.45. The number of carbonyl (C=O) groups excluding carboxylic acids is 2. The summed E-state index contributed by atoms with van der Waals surface area (Å²) in [6.07, 6.45) is 1.88. The minimum atomic E-state index is -0.780. The summed E-state index contributed by atoms with van der Waals surface area (Å²) < 4.78 is 5.47. The number of carboxylic acid groups (broad SMARTS) is 1. The normalized spacial score (nSPS) is 23.1. The highest BCUT2D eigenvalue weighted by atomic mass is 16.6. The van der Waals surface area contributed by atoms with Crippen LogP contribution in [0.15, 0.2) is 24.3 Å². The van der Waals surface area contributed by atoms with Crippen molar-refractivity contribution < 1.29 is 24.2 Å². The number of anilines is 1. The second kappa shape index (κ2) is 7.18. The van der Waals surface area contributed by atoms with Crippen LogP contribution in [0.4, 0.5) is 15.3 Å². The molecular weight excluding hydrogens is 386 g/mol. The smallest absolute Gasteiger partial charge is 0.410 e. The summed E-state index contributed by atoms with van der Waals surface area (Å²) in [5.41, 5.74) is 0.215. The van der Waals surface area contributed by atoms with Crippen LogP contribution < -0.4 is 4.90 Å². The number of rotatable bonds is 3. The molecule has 3 aliphatic rings. The molecule has 1 N–H and O–H groups in total. The van der Waals surface area contributed by atoms with Crippen LogP contribution >= 0.6 is 0 Å². The van der Waals surface area contributed by atoms with Crippen LogP contribution in [0.1, 0.15) is 45.6 Å². The van der Waals surface area contributed by atoms with Crippen LogP contribution in [0.25, 0.3) is 0 Å². The maximum Gasteiger partial charge on any atom is 0.410 e. The number of carbonyl (C=O) groups is 3. The van der Waals surface area contributed by atoms with Crippen molar-refractivity contribution in [3.05, 3.63) is 29.8 Å². The molecule has 4 rings (SSSR count). The van der Waals surface area contributed by atoms with Crippen molar-refractivity contribution in [1.29, 1.82) is 0 Å². The summed E-state index contributed by atoms with van der Waals surface area (Å²) in [5.74, 6) is -0.780. The number of urea groups is 1. The fraction of sp³-hybridized carbons (Fsp3) is 0.591. The molecule has 0 radical (unpaired) electrons. The Morgan fingerprint density at radius 3 is 2.30 bits per heavy atom. The molecule has 8 nitrogen and oxygen atoms in total. The highest BCUT2D eigenvalue weighted by molar-refractivity contribution is 5.95. The van der Waals surface area contributed by atoms with Crippen molar-refractivity contribution in [3.8, 4) is 0 Å². The van der Waals surface area contributed by atoms with Gasteiger partial charge in [0, 0.05) is 31.9 Å². The Labute approximate surface area is 176 Å². The first kappa shape index (κ1) is 20.5. The Bertz CT molecular complexity index is 857. The monoisotopic (exact) mass is 415 g/mol. The van der Waals surface area contributed by atoms with Crippen molar-refractivity contribution >= 4 is 23.8 Å². The molecule has 2 saturated heterocycles. The lowest BCUT2D eigenvalue weighted by Gasteiger charge is -2.38. The van der Waals surface area contributed by atoms with Gasteiger partial charge in [-0.25, -0.2) is 9.59 Å². The van der Waals surface area contributed by atoms with Gasteiger partial charge >= 0.3 is 18.1 Å². The van der Waals surface area contributed by atoms with Gasteiger partial charge in [-0.3, -0.25) is 9.69 Å². The minimum absolute atomic E-state index is 0.0758. The van der Waals surface area contributed by atoms with Gasteiger partial charge in [0.25, 0.3) is 0 Å². The Kier molecular flexibility index (Phi) is 4.91. The van der Waals surface area contributed by atoms with E-state index in [1.807, 2.05) is 45.0 Å². The van der Waals surface area contributed by atoms with Crippen LogP contribution in [0, 0.1) is 0 Å². The molecule has 0 spiro atoms. The summed E-state index contributed by atoms with van der Waals surface area (Å²) in [5, 5.41) is 9.63. The number of hydrogen-bond acceptors (Lipinski definition) is 4. The maximum atomic E-state index is 12.9. The topological polar surface area (TPSA) is 90.4 Å². The van der Waals surface area contributed by atoms with Crippen LogP contribution in [-0.2, 0) is 14.9 Å². The van der Waals surface area contributed by atoms with Gasteiger partial charge < -0.3 is 19.6 Å². The average Bonchev–Trinajstić information content (AvgIpc) is 2.96. The third-order valence-corrected chi connectivity index (χ3v) is 6.35. The zero-order valence-corrected chi connectivity index (χ0v) is 17.8. The number of amides is 3. The lowest BCUT2D eigenvalue weighted by molar-refractivity contribution is -0.147. The standard InChI is InChI=1S/C22H29N3O5/c1-21(2,3)30-20(29)23-11-12-24-17(13-23)14-25(19(24)28)16-7-5-15(6-8-16)22(18(26)27)9-4-10-22/h5-8,17H,4,9-14H2,1-3H3,(H,26,27)/t17-/m0/s1.